The van der Waals surface area contributed by atoms with Crippen molar-refractivity contribution >= 4 is 48.3 Å². The van der Waals surface area contributed by atoms with Crippen molar-refractivity contribution in [3.8, 4) is 0 Å². The number of carbonyl (C=O) groups is 5. The zero-order valence-electron chi connectivity index (χ0n) is 30.5. The lowest BCUT2D eigenvalue weighted by Gasteiger charge is -2.41. The van der Waals surface area contributed by atoms with Crippen molar-refractivity contribution in [1.29, 1.82) is 0 Å². The number of Topliss-reactive ketones (excluding diaryl/α,β-unsaturated/α-hetero) is 1. The lowest BCUT2D eigenvalue weighted by Crippen LogP contribution is -2.70. The Kier molecular flexibility index (Phi) is 19.1. The number of imide groups is 1. The summed E-state index contributed by atoms with van der Waals surface area (Å²) in [5.41, 5.74) is 22.0. The molecule has 0 aromatic carbocycles. The van der Waals surface area contributed by atoms with Crippen LogP contribution in [0.15, 0.2) is 0 Å². The van der Waals surface area contributed by atoms with Gasteiger partial charge in [-0.3, -0.25) is 33.7 Å². The first kappa shape index (κ1) is 43.8. The first-order chi connectivity index (χ1) is 23.7. The van der Waals surface area contributed by atoms with Gasteiger partial charge in [0, 0.05) is 5.75 Å². The summed E-state index contributed by atoms with van der Waals surface area (Å²) in [6.45, 7) is 5.56. The molecule has 0 aliphatic heterocycles. The van der Waals surface area contributed by atoms with E-state index in [4.69, 9.17) is 22.9 Å². The average Bonchev–Trinajstić information content (AvgIpc) is 3.10. The summed E-state index contributed by atoms with van der Waals surface area (Å²) in [5.74, 6) is -4.40. The summed E-state index contributed by atoms with van der Waals surface area (Å²) in [4.78, 5) is 83.0. The second-order valence-electron chi connectivity index (χ2n) is 15.0. The SMILES string of the molecule is CC(C)C[C@H](NC(=O)[C@H](C)NC(=O)[C@@H](N)CCCCN)C(=O)N(C(=O)[C@@H](N)CC1CCCCC1)[C@]([C]=O)(CS)C(=O)[C@@H](N)CC1CCCCC1. The molecule has 0 saturated heterocycles. The van der Waals surface area contributed by atoms with Crippen LogP contribution in [-0.4, -0.2) is 88.6 Å². The Hall–Kier alpha value is -2.39. The van der Waals surface area contributed by atoms with Gasteiger partial charge in [0.05, 0.1) is 18.1 Å². The van der Waals surface area contributed by atoms with Gasteiger partial charge in [-0.05, 0) is 63.3 Å². The molecule has 50 heavy (non-hydrogen) atoms. The average molecular weight is 723 g/mol. The van der Waals surface area contributed by atoms with Crippen LogP contribution in [0.3, 0.4) is 0 Å². The molecule has 14 heteroatoms. The Morgan fingerprint density at radius 2 is 1.32 bits per heavy atom. The van der Waals surface area contributed by atoms with Crippen molar-refractivity contribution in [1.82, 2.24) is 15.5 Å². The fourth-order valence-corrected chi connectivity index (χ4v) is 7.65. The number of amides is 4. The van der Waals surface area contributed by atoms with Crippen molar-refractivity contribution in [2.75, 3.05) is 12.3 Å². The normalized spacial score (nSPS) is 20.1. The van der Waals surface area contributed by atoms with Gasteiger partial charge >= 0.3 is 0 Å². The molecule has 0 bridgehead atoms. The molecule has 2 saturated carbocycles. The fourth-order valence-electron chi connectivity index (χ4n) is 7.29. The lowest BCUT2D eigenvalue weighted by molar-refractivity contribution is -0.157. The number of nitrogens with two attached hydrogens (primary N) is 4. The summed E-state index contributed by atoms with van der Waals surface area (Å²) in [5, 5.41) is 5.24. The van der Waals surface area contributed by atoms with Gasteiger partial charge in [0.25, 0.3) is 5.91 Å². The molecule has 10 N–H and O–H groups in total. The number of thiol groups is 1. The zero-order chi connectivity index (χ0) is 37.4. The standard InChI is InChI=1S/C36H64N7O6S/c1-23(2)18-30(42-32(46)24(3)41-33(47)27(38)16-10-11-17-37)35(49)43(34(48)29(40)20-26-14-8-5-9-15-26)36(21-44,22-50)31(45)28(39)19-25-12-6-4-7-13-25/h23-30,50H,4-20,22,37-40H2,1-3H3,(H,41,47)(H,42,46)/t24-,27-,28-,29-,30-,36+/m0/s1. The maximum atomic E-state index is 14.6. The van der Waals surface area contributed by atoms with Crippen molar-refractivity contribution in [2.24, 2.45) is 40.7 Å². The molecule has 2 fully saturated rings. The quantitative estimate of drug-likeness (QED) is 0.0515. The van der Waals surface area contributed by atoms with Gasteiger partial charge in [-0.1, -0.05) is 84.5 Å². The minimum atomic E-state index is -2.47. The summed E-state index contributed by atoms with van der Waals surface area (Å²) in [6.07, 6.45) is 13.8. The van der Waals surface area contributed by atoms with E-state index < -0.39 is 70.9 Å². The molecule has 2 aliphatic rings. The number of ketones is 1. The summed E-state index contributed by atoms with van der Waals surface area (Å²) in [6, 6.07) is -5.67. The number of unbranched alkanes of at least 4 members (excludes halogenated alkanes) is 1. The number of hydrogen-bond donors (Lipinski definition) is 7. The molecule has 2 aliphatic carbocycles. The number of nitrogens with zero attached hydrogens (tertiary/aromatic N) is 1. The highest BCUT2D eigenvalue weighted by Gasteiger charge is 2.54. The van der Waals surface area contributed by atoms with E-state index in [-0.39, 0.29) is 37.0 Å². The van der Waals surface area contributed by atoms with E-state index in [1.54, 1.807) is 6.29 Å². The number of carbonyl (C=O) groups excluding carboxylic acids is 6. The second kappa shape index (κ2) is 21.9. The third-order valence-electron chi connectivity index (χ3n) is 10.3. The Bertz CT molecular complexity index is 1130. The predicted molar refractivity (Wildman–Crippen MR) is 197 cm³/mol. The lowest BCUT2D eigenvalue weighted by atomic mass is 9.80. The molecule has 4 amide bonds. The molecule has 13 nitrogen and oxygen atoms in total. The van der Waals surface area contributed by atoms with Crippen molar-refractivity contribution in [3.63, 3.8) is 0 Å². The molecule has 0 spiro atoms. The van der Waals surface area contributed by atoms with Gasteiger partial charge in [0.2, 0.25) is 24.0 Å². The Morgan fingerprint density at radius 1 is 0.780 bits per heavy atom. The molecule has 0 unspecified atom stereocenters. The van der Waals surface area contributed by atoms with Crippen LogP contribution in [0.2, 0.25) is 0 Å². The minimum absolute atomic E-state index is 0.0509. The topological polar surface area (TPSA) is 234 Å². The first-order valence-corrected chi connectivity index (χ1v) is 19.3. The van der Waals surface area contributed by atoms with Crippen LogP contribution in [0.25, 0.3) is 0 Å². The van der Waals surface area contributed by atoms with Crippen molar-refractivity contribution < 1.29 is 28.8 Å². The maximum Gasteiger partial charge on any atom is 0.253 e. The van der Waals surface area contributed by atoms with Gasteiger partial charge < -0.3 is 33.6 Å². The smallest absolute Gasteiger partial charge is 0.253 e. The molecule has 0 aromatic heterocycles. The van der Waals surface area contributed by atoms with Crippen LogP contribution in [0.4, 0.5) is 0 Å². The Morgan fingerprint density at radius 3 is 1.80 bits per heavy atom. The highest BCUT2D eigenvalue weighted by molar-refractivity contribution is 7.80. The van der Waals surface area contributed by atoms with E-state index in [0.717, 1.165) is 64.2 Å². The number of hydrogen-bond acceptors (Lipinski definition) is 11. The van der Waals surface area contributed by atoms with Crippen molar-refractivity contribution in [2.45, 2.75) is 159 Å². The van der Waals surface area contributed by atoms with Crippen LogP contribution in [0.1, 0.15) is 124 Å². The highest BCUT2D eigenvalue weighted by atomic mass is 32.1. The summed E-state index contributed by atoms with van der Waals surface area (Å²) < 4.78 is 0. The van der Waals surface area contributed by atoms with E-state index in [0.29, 0.717) is 30.7 Å². The summed E-state index contributed by atoms with van der Waals surface area (Å²) in [7, 11) is 0. The van der Waals surface area contributed by atoms with Gasteiger partial charge in [0.1, 0.15) is 12.1 Å². The van der Waals surface area contributed by atoms with E-state index in [1.165, 1.54) is 6.92 Å². The van der Waals surface area contributed by atoms with Gasteiger partial charge in [0.15, 0.2) is 11.3 Å². The van der Waals surface area contributed by atoms with Crippen LogP contribution in [-0.2, 0) is 28.8 Å². The Labute approximate surface area is 304 Å². The highest BCUT2D eigenvalue weighted by Crippen LogP contribution is 2.31. The molecule has 285 valence electrons. The minimum Gasteiger partial charge on any atom is -0.343 e. The molecular weight excluding hydrogens is 659 g/mol. The molecule has 0 aromatic rings. The van der Waals surface area contributed by atoms with E-state index >= 15 is 0 Å². The summed E-state index contributed by atoms with van der Waals surface area (Å²) >= 11 is 4.36. The zero-order valence-corrected chi connectivity index (χ0v) is 31.4. The van der Waals surface area contributed by atoms with E-state index in [1.807, 2.05) is 13.8 Å². The molecule has 6 atom stereocenters. The molecule has 0 heterocycles. The second-order valence-corrected chi connectivity index (χ2v) is 15.3. The first-order valence-electron chi connectivity index (χ1n) is 18.7. The van der Waals surface area contributed by atoms with E-state index in [2.05, 4.69) is 23.3 Å². The fraction of sp³-hybridized carbons (Fsp3) is 0.833. The van der Waals surface area contributed by atoms with Crippen molar-refractivity contribution in [3.05, 3.63) is 0 Å². The molecular formula is C36H64N7O6S. The molecule has 2 rings (SSSR count). The molecule has 1 radical (unpaired) electrons. The van der Waals surface area contributed by atoms with Crippen LogP contribution < -0.4 is 33.6 Å². The Balaban J connectivity index is 2.46. The monoisotopic (exact) mass is 722 g/mol. The van der Waals surface area contributed by atoms with Gasteiger partial charge in [-0.15, -0.1) is 0 Å². The van der Waals surface area contributed by atoms with Gasteiger partial charge in [-0.2, -0.15) is 12.6 Å². The van der Waals surface area contributed by atoms with Crippen LogP contribution in [0.5, 0.6) is 0 Å². The third kappa shape index (κ3) is 12.7. The number of rotatable bonds is 21. The predicted octanol–water partition coefficient (Wildman–Crippen LogP) is 1.78. The van der Waals surface area contributed by atoms with Gasteiger partial charge in [-0.25, -0.2) is 0 Å². The number of nitrogens with one attached hydrogen (secondary N) is 2. The third-order valence-corrected chi connectivity index (χ3v) is 10.7. The van der Waals surface area contributed by atoms with Crippen LogP contribution in [0, 0.1) is 17.8 Å². The largest absolute Gasteiger partial charge is 0.343 e. The van der Waals surface area contributed by atoms with E-state index in [9.17, 15) is 28.8 Å². The maximum absolute atomic E-state index is 14.6. The van der Waals surface area contributed by atoms with Crippen LogP contribution >= 0.6 is 12.6 Å².